The van der Waals surface area contributed by atoms with Gasteiger partial charge in [0.1, 0.15) is 22.0 Å². The number of aromatic hydroxyl groups is 2. The second-order valence-corrected chi connectivity index (χ2v) is 7.79. The van der Waals surface area contributed by atoms with E-state index < -0.39 is 20.8 Å². The Bertz CT molecular complexity index is 1270. The summed E-state index contributed by atoms with van der Waals surface area (Å²) in [5.41, 5.74) is -0.00745. The van der Waals surface area contributed by atoms with Crippen LogP contribution in [-0.4, -0.2) is 29.1 Å². The maximum atomic E-state index is 11.5. The lowest BCUT2D eigenvalue weighted by atomic mass is 10.1. The maximum Gasteiger partial charge on any atom is 0.298 e. The number of benzene rings is 3. The minimum absolute atomic E-state index is 0.0281. The summed E-state index contributed by atoms with van der Waals surface area (Å²) in [4.78, 5) is 10.7. The Labute approximate surface area is 170 Å². The third kappa shape index (κ3) is 4.29. The van der Waals surface area contributed by atoms with Gasteiger partial charge in [-0.3, -0.25) is 9.35 Å². The van der Waals surface area contributed by atoms with Crippen LogP contribution in [0.25, 0.3) is 10.8 Å². The number of hydrogen-bond donors (Lipinski definition) is 4. The molecule has 0 fully saturated rings. The van der Waals surface area contributed by atoms with E-state index in [0.717, 1.165) is 12.1 Å². The molecule has 0 aromatic heterocycles. The largest absolute Gasteiger partial charge is 0.506 e. The molecule has 9 nitrogen and oxygen atoms in total. The standard InChI is InChI=1S/C18H14ClN3O6S/c1-9(23)20-12-4-2-3-10-5-6-14(24)17(16(10)12)22-21-13-7-11(19)8-15(18(13)25)29(26,27)28/h2-8,24-25H,1H3,(H,20,23)(H,26,27,28). The zero-order chi connectivity index (χ0) is 21.3. The summed E-state index contributed by atoms with van der Waals surface area (Å²) < 4.78 is 32.0. The molecule has 150 valence electrons. The number of carbonyl (C=O) groups is 1. The number of nitrogens with zero attached hydrogens (tertiary/aromatic N) is 2. The minimum Gasteiger partial charge on any atom is -0.506 e. The monoisotopic (exact) mass is 435 g/mol. The zero-order valence-electron chi connectivity index (χ0n) is 14.8. The van der Waals surface area contributed by atoms with Gasteiger partial charge in [0.05, 0.1) is 5.69 Å². The summed E-state index contributed by atoms with van der Waals surface area (Å²) in [6.45, 7) is 1.32. The van der Waals surface area contributed by atoms with E-state index in [1.165, 1.54) is 13.0 Å². The summed E-state index contributed by atoms with van der Waals surface area (Å²) in [5.74, 6) is -1.47. The van der Waals surface area contributed by atoms with Gasteiger partial charge in [0, 0.05) is 17.3 Å². The van der Waals surface area contributed by atoms with Crippen molar-refractivity contribution in [3.05, 3.63) is 47.5 Å². The van der Waals surface area contributed by atoms with Crippen molar-refractivity contribution < 1.29 is 28.0 Å². The van der Waals surface area contributed by atoms with Crippen LogP contribution in [0.5, 0.6) is 11.5 Å². The van der Waals surface area contributed by atoms with Crippen molar-refractivity contribution in [2.24, 2.45) is 10.2 Å². The Hall–Kier alpha value is -3.21. The number of anilines is 1. The predicted octanol–water partition coefficient (Wildman–Crippen LogP) is 4.52. The topological polar surface area (TPSA) is 149 Å². The SMILES string of the molecule is CC(=O)Nc1cccc2ccc(O)c(N=Nc3cc(Cl)cc(S(=O)(=O)O)c3O)c12. The van der Waals surface area contributed by atoms with Crippen LogP contribution in [0.3, 0.4) is 0 Å². The molecule has 0 atom stereocenters. The number of nitrogens with one attached hydrogen (secondary N) is 1. The molecule has 0 heterocycles. The van der Waals surface area contributed by atoms with Crippen LogP contribution in [0.15, 0.2) is 57.6 Å². The normalized spacial score (nSPS) is 11.8. The second kappa shape index (κ2) is 7.66. The fourth-order valence-corrected chi connectivity index (χ4v) is 3.58. The van der Waals surface area contributed by atoms with Gasteiger partial charge in [-0.1, -0.05) is 29.8 Å². The summed E-state index contributed by atoms with van der Waals surface area (Å²) in [6, 6.07) is 10.0. The number of phenols is 2. The van der Waals surface area contributed by atoms with Crippen molar-refractivity contribution >= 4 is 55.5 Å². The molecule has 11 heteroatoms. The molecule has 3 aromatic carbocycles. The highest BCUT2D eigenvalue weighted by Gasteiger charge is 2.20. The molecule has 0 aliphatic carbocycles. The molecule has 3 rings (SSSR count). The summed E-state index contributed by atoms with van der Waals surface area (Å²) in [5, 5.41) is 31.6. The van der Waals surface area contributed by atoms with Crippen LogP contribution >= 0.6 is 11.6 Å². The molecule has 29 heavy (non-hydrogen) atoms. The Morgan fingerprint density at radius 3 is 2.48 bits per heavy atom. The average molecular weight is 436 g/mol. The average Bonchev–Trinajstić information content (AvgIpc) is 2.62. The lowest BCUT2D eigenvalue weighted by Crippen LogP contribution is -2.06. The lowest BCUT2D eigenvalue weighted by Gasteiger charge is -2.10. The smallest absolute Gasteiger partial charge is 0.298 e. The van der Waals surface area contributed by atoms with Crippen LogP contribution in [0.4, 0.5) is 17.1 Å². The first-order chi connectivity index (χ1) is 13.6. The number of phenolic OH excluding ortho intramolecular Hbond substituents is 2. The van der Waals surface area contributed by atoms with Gasteiger partial charge in [-0.25, -0.2) is 0 Å². The fourth-order valence-electron chi connectivity index (χ4n) is 2.68. The summed E-state index contributed by atoms with van der Waals surface area (Å²) in [7, 11) is -4.76. The Morgan fingerprint density at radius 2 is 1.83 bits per heavy atom. The Kier molecular flexibility index (Phi) is 5.42. The van der Waals surface area contributed by atoms with Gasteiger partial charge in [-0.05, 0) is 29.7 Å². The van der Waals surface area contributed by atoms with E-state index in [-0.39, 0.29) is 28.1 Å². The van der Waals surface area contributed by atoms with Crippen LogP contribution in [0, 0.1) is 0 Å². The van der Waals surface area contributed by atoms with Crippen LogP contribution < -0.4 is 5.32 Å². The Balaban J connectivity index is 2.21. The van der Waals surface area contributed by atoms with E-state index in [9.17, 15) is 28.0 Å². The van der Waals surface area contributed by atoms with E-state index in [1.54, 1.807) is 24.3 Å². The number of hydrogen-bond acceptors (Lipinski definition) is 7. The van der Waals surface area contributed by atoms with E-state index >= 15 is 0 Å². The zero-order valence-corrected chi connectivity index (χ0v) is 16.4. The number of halogens is 1. The maximum absolute atomic E-state index is 11.5. The van der Waals surface area contributed by atoms with E-state index in [2.05, 4.69) is 15.5 Å². The molecule has 0 unspecified atom stereocenters. The molecule has 0 aliphatic heterocycles. The fraction of sp³-hybridized carbons (Fsp3) is 0.0556. The van der Waals surface area contributed by atoms with Gasteiger partial charge in [0.15, 0.2) is 5.75 Å². The first-order valence-corrected chi connectivity index (χ1v) is 9.83. The molecule has 1 amide bonds. The molecular formula is C18H14ClN3O6S. The first-order valence-electron chi connectivity index (χ1n) is 8.02. The highest BCUT2D eigenvalue weighted by atomic mass is 35.5. The van der Waals surface area contributed by atoms with E-state index in [0.29, 0.717) is 16.5 Å². The van der Waals surface area contributed by atoms with Gasteiger partial charge in [-0.2, -0.15) is 8.42 Å². The van der Waals surface area contributed by atoms with Crippen molar-refractivity contribution in [1.82, 2.24) is 0 Å². The molecular weight excluding hydrogens is 422 g/mol. The predicted molar refractivity (Wildman–Crippen MR) is 107 cm³/mol. The minimum atomic E-state index is -4.76. The van der Waals surface area contributed by atoms with E-state index in [1.807, 2.05) is 0 Å². The van der Waals surface area contributed by atoms with Crippen LogP contribution in [0.2, 0.25) is 5.02 Å². The molecule has 3 aromatic rings. The van der Waals surface area contributed by atoms with Crippen LogP contribution in [-0.2, 0) is 14.9 Å². The third-order valence-corrected chi connectivity index (χ3v) is 4.95. The van der Waals surface area contributed by atoms with Crippen molar-refractivity contribution in [3.8, 4) is 11.5 Å². The van der Waals surface area contributed by atoms with Gasteiger partial charge in [-0.15, -0.1) is 10.2 Å². The summed E-state index contributed by atoms with van der Waals surface area (Å²) >= 11 is 5.83. The van der Waals surface area contributed by atoms with Gasteiger partial charge in [0.2, 0.25) is 5.91 Å². The van der Waals surface area contributed by atoms with Gasteiger partial charge >= 0.3 is 0 Å². The number of rotatable bonds is 4. The molecule has 0 saturated carbocycles. The number of fused-ring (bicyclic) bond motifs is 1. The lowest BCUT2D eigenvalue weighted by molar-refractivity contribution is -0.114. The molecule has 4 N–H and O–H groups in total. The second-order valence-electron chi connectivity index (χ2n) is 5.96. The quantitative estimate of drug-likeness (QED) is 0.349. The van der Waals surface area contributed by atoms with Crippen molar-refractivity contribution in [3.63, 3.8) is 0 Å². The van der Waals surface area contributed by atoms with E-state index in [4.69, 9.17) is 11.6 Å². The van der Waals surface area contributed by atoms with Crippen LogP contribution in [0.1, 0.15) is 6.92 Å². The molecule has 0 saturated heterocycles. The number of carbonyl (C=O) groups excluding carboxylic acids is 1. The van der Waals surface area contributed by atoms with Crippen molar-refractivity contribution in [2.75, 3.05) is 5.32 Å². The molecule has 0 radical (unpaired) electrons. The first kappa shape index (κ1) is 20.5. The number of azo groups is 1. The molecule has 0 spiro atoms. The van der Waals surface area contributed by atoms with Gasteiger partial charge in [0.25, 0.3) is 10.1 Å². The van der Waals surface area contributed by atoms with Crippen molar-refractivity contribution in [2.45, 2.75) is 11.8 Å². The number of amides is 1. The molecule has 0 aliphatic rings. The van der Waals surface area contributed by atoms with Gasteiger partial charge < -0.3 is 15.5 Å². The highest BCUT2D eigenvalue weighted by Crippen LogP contribution is 2.42. The Morgan fingerprint density at radius 1 is 1.10 bits per heavy atom. The highest BCUT2D eigenvalue weighted by molar-refractivity contribution is 7.86. The third-order valence-electron chi connectivity index (χ3n) is 3.86. The molecule has 0 bridgehead atoms. The van der Waals surface area contributed by atoms with Crippen molar-refractivity contribution in [1.29, 1.82) is 0 Å². The summed E-state index contributed by atoms with van der Waals surface area (Å²) in [6.07, 6.45) is 0.